The van der Waals surface area contributed by atoms with Gasteiger partial charge >= 0.3 is 6.09 Å². The highest BCUT2D eigenvalue weighted by Crippen LogP contribution is 2.50. The lowest BCUT2D eigenvalue weighted by Gasteiger charge is -2.49. The zero-order valence-corrected chi connectivity index (χ0v) is 35.7. The van der Waals surface area contributed by atoms with Crippen molar-refractivity contribution in [1.82, 2.24) is 40.4 Å². The number of piperidine rings is 2. The Balaban J connectivity index is 0.961. The molecule has 8 atom stereocenters. The van der Waals surface area contributed by atoms with Crippen molar-refractivity contribution in [3.8, 4) is 33.6 Å². The van der Waals surface area contributed by atoms with Crippen LogP contribution >= 0.6 is 0 Å². The number of hydrogen-bond acceptors (Lipinski definition) is 8. The Morgan fingerprint density at radius 1 is 0.683 bits per heavy atom. The van der Waals surface area contributed by atoms with Crippen molar-refractivity contribution in [2.75, 3.05) is 14.2 Å². The molecule has 0 unspecified atom stereocenters. The number of imidazole rings is 2. The highest BCUT2D eigenvalue weighted by atomic mass is 16.5. The number of likely N-dealkylation sites (tertiary alicyclic amines) is 2. The van der Waals surface area contributed by atoms with Crippen molar-refractivity contribution in [2.45, 2.75) is 115 Å². The van der Waals surface area contributed by atoms with Crippen molar-refractivity contribution >= 4 is 17.9 Å². The molecular formula is C47H60N8O5. The minimum atomic E-state index is -0.675. The number of carbonyl (C=O) groups is 3. The van der Waals surface area contributed by atoms with Gasteiger partial charge in [0.05, 0.1) is 50.1 Å². The topological polar surface area (TPSA) is 158 Å². The summed E-state index contributed by atoms with van der Waals surface area (Å²) in [5, 5.41) is 6.00. The first-order valence-electron chi connectivity index (χ1n) is 21.7. The van der Waals surface area contributed by atoms with E-state index in [1.807, 2.05) is 31.1 Å². The summed E-state index contributed by atoms with van der Waals surface area (Å²) in [7, 11) is 2.88. The van der Waals surface area contributed by atoms with E-state index in [4.69, 9.17) is 19.4 Å². The van der Waals surface area contributed by atoms with Crippen LogP contribution in [0.15, 0.2) is 73.4 Å². The van der Waals surface area contributed by atoms with Crippen LogP contribution in [0.1, 0.15) is 103 Å². The van der Waals surface area contributed by atoms with Gasteiger partial charge in [-0.05, 0) is 91.0 Å². The molecule has 60 heavy (non-hydrogen) atoms. The number of fused-ring (bicyclic) bond motifs is 4. The Labute approximate surface area is 353 Å². The molecule has 0 radical (unpaired) electrons. The monoisotopic (exact) mass is 816 g/mol. The van der Waals surface area contributed by atoms with Gasteiger partial charge in [-0.2, -0.15) is 0 Å². The predicted octanol–water partition coefficient (Wildman–Crippen LogP) is 8.13. The van der Waals surface area contributed by atoms with E-state index in [9.17, 15) is 14.4 Å². The molecule has 2 saturated heterocycles. The van der Waals surface area contributed by atoms with Crippen LogP contribution in [0.5, 0.6) is 0 Å². The molecule has 4 bridgehead atoms. The van der Waals surface area contributed by atoms with Crippen molar-refractivity contribution in [3.63, 3.8) is 0 Å². The van der Waals surface area contributed by atoms with E-state index in [2.05, 4.69) is 94.5 Å². The molecule has 4 fully saturated rings. The number of amides is 3. The number of rotatable bonds is 13. The first-order valence-corrected chi connectivity index (χ1v) is 21.7. The Bertz CT molecular complexity index is 2180. The SMILES string of the molecule is C=C(N[C@H](C(=O)N1[C@H]2CCC[C@@H](C2)C[C@H]1c1ncc(-c2ccc(-c3ccc(-c4cnc([C@@H]5[C@H]6CC[C@H](C6)N5C(=O)[C@@H](NC(=O)OC)C(C)C)[nH]4)cc3)cc2)[nH]1)C(C)C)OC. The van der Waals surface area contributed by atoms with Gasteiger partial charge in [0.25, 0.3) is 0 Å². The molecule has 4 heterocycles. The van der Waals surface area contributed by atoms with Crippen molar-refractivity contribution in [1.29, 1.82) is 0 Å². The molecule has 13 nitrogen and oxygen atoms in total. The van der Waals surface area contributed by atoms with E-state index in [1.165, 1.54) is 13.5 Å². The van der Waals surface area contributed by atoms with Gasteiger partial charge in [-0.1, -0.05) is 89.1 Å². The maximum atomic E-state index is 14.3. The Morgan fingerprint density at radius 2 is 1.23 bits per heavy atom. The maximum absolute atomic E-state index is 14.3. The second kappa shape index (κ2) is 17.2. The largest absolute Gasteiger partial charge is 0.483 e. The molecule has 2 saturated carbocycles. The lowest BCUT2D eigenvalue weighted by atomic mass is 9.76. The first kappa shape index (κ1) is 41.2. The molecule has 318 valence electrons. The molecule has 2 aromatic carbocycles. The Kier molecular flexibility index (Phi) is 11.8. The van der Waals surface area contributed by atoms with E-state index in [0.29, 0.717) is 17.7 Å². The minimum absolute atomic E-state index is 0.0520. The van der Waals surface area contributed by atoms with Gasteiger partial charge in [-0.3, -0.25) is 9.59 Å². The van der Waals surface area contributed by atoms with Crippen molar-refractivity contribution in [2.24, 2.45) is 23.7 Å². The summed E-state index contributed by atoms with van der Waals surface area (Å²) in [6.45, 7) is 11.9. The summed E-state index contributed by atoms with van der Waals surface area (Å²) in [6.07, 6.45) is 11.4. The fourth-order valence-electron chi connectivity index (χ4n) is 10.4. The molecule has 2 aromatic heterocycles. The van der Waals surface area contributed by atoms with Gasteiger partial charge in [-0.15, -0.1) is 0 Å². The summed E-state index contributed by atoms with van der Waals surface area (Å²) < 4.78 is 10.1. The summed E-state index contributed by atoms with van der Waals surface area (Å²) in [6, 6.07) is 15.8. The number of aromatic amines is 2. The van der Waals surface area contributed by atoms with Gasteiger partial charge in [0, 0.05) is 12.1 Å². The van der Waals surface area contributed by atoms with E-state index < -0.39 is 18.2 Å². The standard InChI is InChI=1S/C47H60N8O5/c1-26(2)40(50-28(5)59-6)45(56)54-35-10-8-9-29(21-35)22-39(54)43-48-24-37(51-43)32-15-11-30(12-16-32)31-13-17-33(18-14-31)38-25-49-44(52-38)42-34-19-20-36(23-34)55(42)46(57)41(27(3)4)53-47(58)60-7/h11-18,24-27,29,34-36,39-42,50H,5,8-10,19-23H2,1-4,6-7H3,(H,48,51)(H,49,52)(H,53,58)/t29-,34-,35-,36+,39-,40-,41-,42-/m0/s1. The Morgan fingerprint density at radius 3 is 1.83 bits per heavy atom. The molecule has 4 aromatic rings. The minimum Gasteiger partial charge on any atom is -0.483 e. The van der Waals surface area contributed by atoms with Gasteiger partial charge in [0.1, 0.15) is 23.7 Å². The first-order chi connectivity index (χ1) is 28.9. The number of ether oxygens (including phenoxy) is 2. The molecule has 4 N–H and O–H groups in total. The fraction of sp³-hybridized carbons (Fsp3) is 0.511. The third-order valence-electron chi connectivity index (χ3n) is 13.5. The lowest BCUT2D eigenvalue weighted by molar-refractivity contribution is -0.145. The molecular weight excluding hydrogens is 757 g/mol. The normalized spacial score (nSPS) is 24.3. The van der Waals surface area contributed by atoms with Gasteiger partial charge in [0.15, 0.2) is 5.88 Å². The molecule has 2 aliphatic heterocycles. The third-order valence-corrected chi connectivity index (χ3v) is 13.5. The predicted molar refractivity (Wildman–Crippen MR) is 230 cm³/mol. The summed E-state index contributed by atoms with van der Waals surface area (Å²) in [5.41, 5.74) is 6.03. The van der Waals surface area contributed by atoms with E-state index in [1.54, 1.807) is 7.11 Å². The average Bonchev–Trinajstić information content (AvgIpc) is 4.10. The number of benzene rings is 2. The second-order valence-corrected chi connectivity index (χ2v) is 18.0. The second-order valence-electron chi connectivity index (χ2n) is 18.0. The zero-order chi connectivity index (χ0) is 42.2. The number of carbonyl (C=O) groups excluding carboxylic acids is 3. The van der Waals surface area contributed by atoms with Crippen molar-refractivity contribution in [3.05, 3.63) is 85.0 Å². The number of methoxy groups -OCH3 is 2. The van der Waals surface area contributed by atoms with Gasteiger partial charge in [0.2, 0.25) is 11.8 Å². The van der Waals surface area contributed by atoms with Crippen LogP contribution in [-0.2, 0) is 19.1 Å². The van der Waals surface area contributed by atoms with Crippen LogP contribution in [0.3, 0.4) is 0 Å². The van der Waals surface area contributed by atoms with Crippen LogP contribution in [-0.4, -0.2) is 86.0 Å². The molecule has 8 rings (SSSR count). The smallest absolute Gasteiger partial charge is 0.407 e. The third kappa shape index (κ3) is 8.02. The number of nitrogens with zero attached hydrogens (tertiary/aromatic N) is 4. The number of hydrogen-bond donors (Lipinski definition) is 4. The summed E-state index contributed by atoms with van der Waals surface area (Å²) in [4.78, 5) is 61.3. The number of aromatic nitrogens is 4. The highest BCUT2D eigenvalue weighted by Gasteiger charge is 2.51. The highest BCUT2D eigenvalue weighted by molar-refractivity contribution is 5.87. The van der Waals surface area contributed by atoms with Crippen LogP contribution < -0.4 is 10.6 Å². The molecule has 2 aliphatic carbocycles. The lowest BCUT2D eigenvalue weighted by Crippen LogP contribution is -2.57. The van der Waals surface area contributed by atoms with Crippen molar-refractivity contribution < 1.29 is 23.9 Å². The van der Waals surface area contributed by atoms with Crippen LogP contribution in [0.4, 0.5) is 4.79 Å². The molecule has 13 heteroatoms. The summed E-state index contributed by atoms with van der Waals surface area (Å²) in [5.74, 6) is 2.85. The van der Waals surface area contributed by atoms with Crippen LogP contribution in [0, 0.1) is 23.7 Å². The van der Waals surface area contributed by atoms with E-state index in [-0.39, 0.29) is 47.8 Å². The quantitative estimate of drug-likeness (QED) is 0.0986. The van der Waals surface area contributed by atoms with E-state index >= 15 is 0 Å². The Hall–Kier alpha value is -5.59. The van der Waals surface area contributed by atoms with Crippen LogP contribution in [0.2, 0.25) is 0 Å². The molecule has 4 aliphatic rings. The summed E-state index contributed by atoms with van der Waals surface area (Å²) >= 11 is 0. The number of H-pyrrole nitrogens is 2. The van der Waals surface area contributed by atoms with E-state index in [0.717, 1.165) is 90.2 Å². The molecule has 0 spiro atoms. The number of nitrogens with one attached hydrogen (secondary N) is 4. The number of alkyl carbamates (subject to hydrolysis) is 1. The maximum Gasteiger partial charge on any atom is 0.407 e. The van der Waals surface area contributed by atoms with Gasteiger partial charge < -0.3 is 39.9 Å². The zero-order valence-electron chi connectivity index (χ0n) is 35.7. The van der Waals surface area contributed by atoms with Gasteiger partial charge in [-0.25, -0.2) is 14.8 Å². The molecule has 3 amide bonds. The van der Waals surface area contributed by atoms with Crippen LogP contribution in [0.25, 0.3) is 33.6 Å². The fourth-order valence-corrected chi connectivity index (χ4v) is 10.4. The average molecular weight is 817 g/mol.